The monoisotopic (exact) mass is 410 g/mol. The molecule has 2 aromatic heterocycles. The van der Waals surface area contributed by atoms with E-state index in [0.29, 0.717) is 22.5 Å². The topological polar surface area (TPSA) is 66.9 Å². The summed E-state index contributed by atoms with van der Waals surface area (Å²) in [6.07, 6.45) is 0.862. The van der Waals surface area contributed by atoms with E-state index >= 15 is 0 Å². The van der Waals surface area contributed by atoms with Gasteiger partial charge >= 0.3 is 0 Å². The van der Waals surface area contributed by atoms with Gasteiger partial charge in [-0.05, 0) is 36.1 Å². The van der Waals surface area contributed by atoms with Crippen LogP contribution in [-0.4, -0.2) is 28.4 Å². The first-order valence-corrected chi connectivity index (χ1v) is 10.5. The lowest BCUT2D eigenvalue weighted by atomic mass is 10.3. The van der Waals surface area contributed by atoms with Crippen LogP contribution in [0.1, 0.15) is 4.88 Å². The average Bonchev–Trinajstić information content (AvgIpc) is 3.25. The summed E-state index contributed by atoms with van der Waals surface area (Å²) in [4.78, 5) is 13.1. The van der Waals surface area contributed by atoms with Gasteiger partial charge in [0.05, 0.1) is 5.75 Å². The highest BCUT2D eigenvalue weighted by Crippen LogP contribution is 2.28. The van der Waals surface area contributed by atoms with Crippen molar-refractivity contribution in [1.29, 1.82) is 0 Å². The molecule has 25 heavy (non-hydrogen) atoms. The van der Waals surface area contributed by atoms with Gasteiger partial charge in [0.15, 0.2) is 4.34 Å². The number of hydrogen-bond donors (Lipinski definition) is 2. The number of anilines is 2. The number of halogens is 1. The van der Waals surface area contributed by atoms with E-state index in [0.717, 1.165) is 16.4 Å². The fourth-order valence-electron chi connectivity index (χ4n) is 1.97. The SMILES string of the molecule is O=C(CSc1nnc(Nc2cccc(Cl)c2)s1)NCCc1cccs1. The number of rotatable bonds is 8. The molecule has 2 N–H and O–H groups in total. The Morgan fingerprint density at radius 2 is 2.16 bits per heavy atom. The van der Waals surface area contributed by atoms with E-state index in [1.165, 1.54) is 28.0 Å². The average molecular weight is 411 g/mol. The lowest BCUT2D eigenvalue weighted by Crippen LogP contribution is -2.27. The number of aromatic nitrogens is 2. The third-order valence-corrected chi connectivity index (χ3v) is 6.23. The minimum absolute atomic E-state index is 0.00102. The van der Waals surface area contributed by atoms with Gasteiger partial charge in [-0.3, -0.25) is 4.79 Å². The normalized spacial score (nSPS) is 10.6. The fraction of sp³-hybridized carbons (Fsp3) is 0.188. The maximum absolute atomic E-state index is 11.9. The van der Waals surface area contributed by atoms with Crippen LogP contribution >= 0.6 is 46.0 Å². The standard InChI is InChI=1S/C16H15ClN4OS3/c17-11-3-1-4-12(9-11)19-15-20-21-16(25-15)24-10-14(22)18-7-6-13-5-2-8-23-13/h1-5,8-9H,6-7,10H2,(H,18,22)(H,19,20). The number of hydrogen-bond acceptors (Lipinski definition) is 7. The number of thioether (sulfide) groups is 1. The zero-order chi connectivity index (χ0) is 17.5. The van der Waals surface area contributed by atoms with Gasteiger partial charge < -0.3 is 10.6 Å². The van der Waals surface area contributed by atoms with E-state index in [1.807, 2.05) is 35.7 Å². The van der Waals surface area contributed by atoms with E-state index in [4.69, 9.17) is 11.6 Å². The first kappa shape index (κ1) is 18.2. The number of carbonyl (C=O) groups excluding carboxylic acids is 1. The van der Waals surface area contributed by atoms with Crippen molar-refractivity contribution in [3.63, 3.8) is 0 Å². The Balaban J connectivity index is 1.41. The van der Waals surface area contributed by atoms with E-state index < -0.39 is 0 Å². The molecule has 0 aliphatic heterocycles. The summed E-state index contributed by atoms with van der Waals surface area (Å²) in [6.45, 7) is 0.650. The second-order valence-electron chi connectivity index (χ2n) is 4.98. The number of thiophene rings is 1. The van der Waals surface area contributed by atoms with Crippen molar-refractivity contribution in [3.8, 4) is 0 Å². The van der Waals surface area contributed by atoms with Crippen molar-refractivity contribution in [2.75, 3.05) is 17.6 Å². The smallest absolute Gasteiger partial charge is 0.230 e. The molecule has 0 radical (unpaired) electrons. The van der Waals surface area contributed by atoms with Gasteiger partial charge in [-0.1, -0.05) is 46.8 Å². The van der Waals surface area contributed by atoms with E-state index in [1.54, 1.807) is 11.3 Å². The zero-order valence-corrected chi connectivity index (χ0v) is 16.3. The molecule has 0 fully saturated rings. The maximum atomic E-state index is 11.9. The van der Waals surface area contributed by atoms with E-state index in [-0.39, 0.29) is 5.91 Å². The molecular weight excluding hydrogens is 396 g/mol. The predicted octanol–water partition coefficient (Wildman–Crippen LogP) is 4.45. The predicted molar refractivity (Wildman–Crippen MR) is 106 cm³/mol. The van der Waals surface area contributed by atoms with Gasteiger partial charge in [-0.15, -0.1) is 21.5 Å². The zero-order valence-electron chi connectivity index (χ0n) is 13.1. The molecule has 0 unspecified atom stereocenters. The van der Waals surface area contributed by atoms with Crippen LogP contribution in [0.25, 0.3) is 0 Å². The highest BCUT2D eigenvalue weighted by molar-refractivity contribution is 8.01. The highest BCUT2D eigenvalue weighted by atomic mass is 35.5. The molecule has 130 valence electrons. The van der Waals surface area contributed by atoms with Crippen molar-refractivity contribution in [2.24, 2.45) is 0 Å². The van der Waals surface area contributed by atoms with Crippen LogP contribution in [0, 0.1) is 0 Å². The van der Waals surface area contributed by atoms with E-state index in [9.17, 15) is 4.79 Å². The van der Waals surface area contributed by atoms with Crippen LogP contribution in [0.5, 0.6) is 0 Å². The van der Waals surface area contributed by atoms with Crippen LogP contribution in [-0.2, 0) is 11.2 Å². The summed E-state index contributed by atoms with van der Waals surface area (Å²) in [5.74, 6) is 0.331. The van der Waals surface area contributed by atoms with Crippen molar-refractivity contribution in [1.82, 2.24) is 15.5 Å². The summed E-state index contributed by atoms with van der Waals surface area (Å²) in [5.41, 5.74) is 0.853. The Morgan fingerprint density at radius 1 is 1.24 bits per heavy atom. The van der Waals surface area contributed by atoms with Crippen molar-refractivity contribution in [2.45, 2.75) is 10.8 Å². The van der Waals surface area contributed by atoms with Gasteiger partial charge in [-0.25, -0.2) is 0 Å². The maximum Gasteiger partial charge on any atom is 0.230 e. The Morgan fingerprint density at radius 3 is 2.96 bits per heavy atom. The van der Waals surface area contributed by atoms with Crippen LogP contribution in [0.15, 0.2) is 46.1 Å². The molecule has 0 bridgehead atoms. The fourth-order valence-corrected chi connectivity index (χ4v) is 4.47. The lowest BCUT2D eigenvalue weighted by Gasteiger charge is -2.02. The molecule has 0 aliphatic carbocycles. The third kappa shape index (κ3) is 6.00. The van der Waals surface area contributed by atoms with Crippen LogP contribution < -0.4 is 10.6 Å². The molecule has 0 saturated carbocycles. The minimum atomic E-state index is 0.00102. The van der Waals surface area contributed by atoms with Gasteiger partial charge in [0, 0.05) is 22.1 Å². The summed E-state index contributed by atoms with van der Waals surface area (Å²) in [7, 11) is 0. The molecule has 1 amide bonds. The number of nitrogens with zero attached hydrogens (tertiary/aromatic N) is 2. The highest BCUT2D eigenvalue weighted by Gasteiger charge is 2.08. The Kier molecular flexibility index (Phi) is 6.69. The third-order valence-electron chi connectivity index (χ3n) is 3.08. The Hall–Kier alpha value is -1.61. The van der Waals surface area contributed by atoms with Crippen LogP contribution in [0.4, 0.5) is 10.8 Å². The molecule has 9 heteroatoms. The first-order valence-electron chi connectivity index (χ1n) is 7.47. The van der Waals surface area contributed by atoms with Crippen molar-refractivity contribution >= 4 is 62.8 Å². The number of carbonyl (C=O) groups is 1. The number of amides is 1. The second-order valence-corrected chi connectivity index (χ2v) is 8.65. The Bertz CT molecular complexity index is 822. The molecule has 2 heterocycles. The quantitative estimate of drug-likeness (QED) is 0.537. The largest absolute Gasteiger partial charge is 0.355 e. The molecule has 1 aromatic carbocycles. The molecule has 3 rings (SSSR count). The summed E-state index contributed by atoms with van der Waals surface area (Å²) >= 11 is 10.4. The minimum Gasteiger partial charge on any atom is -0.355 e. The van der Waals surface area contributed by atoms with Gasteiger partial charge in [0.25, 0.3) is 0 Å². The van der Waals surface area contributed by atoms with Crippen molar-refractivity contribution in [3.05, 3.63) is 51.7 Å². The number of nitrogens with one attached hydrogen (secondary N) is 2. The molecule has 3 aromatic rings. The summed E-state index contributed by atoms with van der Waals surface area (Å²) < 4.78 is 0.748. The number of benzene rings is 1. The first-order chi connectivity index (χ1) is 12.2. The molecule has 0 spiro atoms. The molecule has 5 nitrogen and oxygen atoms in total. The van der Waals surface area contributed by atoms with Gasteiger partial charge in [-0.2, -0.15) is 0 Å². The molecule has 0 saturated heterocycles. The van der Waals surface area contributed by atoms with Gasteiger partial charge in [0.1, 0.15) is 0 Å². The molecule has 0 aliphatic rings. The van der Waals surface area contributed by atoms with E-state index in [2.05, 4.69) is 26.9 Å². The molecule has 0 atom stereocenters. The van der Waals surface area contributed by atoms with Crippen LogP contribution in [0.2, 0.25) is 5.02 Å². The Labute approximate surface area is 162 Å². The second kappa shape index (κ2) is 9.19. The molecular formula is C16H15ClN4OS3. The van der Waals surface area contributed by atoms with Crippen molar-refractivity contribution < 1.29 is 4.79 Å². The lowest BCUT2D eigenvalue weighted by molar-refractivity contribution is -0.118. The van der Waals surface area contributed by atoms with Crippen LogP contribution in [0.3, 0.4) is 0 Å². The van der Waals surface area contributed by atoms with Gasteiger partial charge in [0.2, 0.25) is 11.0 Å². The summed E-state index contributed by atoms with van der Waals surface area (Å²) in [5, 5.41) is 17.6. The summed E-state index contributed by atoms with van der Waals surface area (Å²) in [6, 6.07) is 11.5.